The zero-order chi connectivity index (χ0) is 28.8. The van der Waals surface area contributed by atoms with Crippen molar-refractivity contribution in [2.75, 3.05) is 7.11 Å². The van der Waals surface area contributed by atoms with E-state index in [1.54, 1.807) is 6.07 Å². The zero-order valence-corrected chi connectivity index (χ0v) is 23.1. The number of nitrogens with zero attached hydrogens (tertiary/aromatic N) is 2. The summed E-state index contributed by atoms with van der Waals surface area (Å²) in [5.74, 6) is -0.287. The molecule has 1 atom stereocenters. The number of amides is 1. The van der Waals surface area contributed by atoms with Crippen LogP contribution < -0.4 is 19.6 Å². The van der Waals surface area contributed by atoms with Crippen LogP contribution in [0.15, 0.2) is 70.2 Å². The molecule has 40 heavy (non-hydrogen) atoms. The lowest BCUT2D eigenvalue weighted by molar-refractivity contribution is -0.144. The molecule has 10 nitrogen and oxygen atoms in total. The van der Waals surface area contributed by atoms with E-state index in [0.717, 1.165) is 17.1 Å². The van der Waals surface area contributed by atoms with Crippen LogP contribution in [-0.4, -0.2) is 41.0 Å². The highest BCUT2D eigenvalue weighted by Gasteiger charge is 2.19. The van der Waals surface area contributed by atoms with Crippen molar-refractivity contribution in [3.63, 3.8) is 0 Å². The van der Waals surface area contributed by atoms with Crippen molar-refractivity contribution in [2.45, 2.75) is 33.5 Å². The van der Waals surface area contributed by atoms with Gasteiger partial charge in [-0.15, -0.1) is 0 Å². The van der Waals surface area contributed by atoms with E-state index in [1.165, 1.54) is 38.4 Å². The summed E-state index contributed by atoms with van der Waals surface area (Å²) in [6.45, 7) is 5.60. The Labute approximate surface area is 235 Å². The number of carbonyl (C=O) groups is 2. The molecule has 0 saturated carbocycles. The van der Waals surface area contributed by atoms with Gasteiger partial charge < -0.3 is 28.3 Å². The number of carboxylic acid groups (broad SMARTS) is 1. The normalized spacial score (nSPS) is 11.8. The molecule has 1 amide bonds. The van der Waals surface area contributed by atoms with Gasteiger partial charge in [0.05, 0.1) is 13.3 Å². The van der Waals surface area contributed by atoms with Crippen LogP contribution >= 0.6 is 11.6 Å². The molecule has 0 aliphatic rings. The van der Waals surface area contributed by atoms with Crippen molar-refractivity contribution in [1.29, 1.82) is 0 Å². The number of ether oxygens (including phenoxy) is 3. The fraction of sp³-hybridized carbons (Fsp3) is 0.207. The number of methoxy groups -OCH3 is 1. The zero-order valence-electron chi connectivity index (χ0n) is 22.3. The van der Waals surface area contributed by atoms with Gasteiger partial charge >= 0.3 is 11.9 Å². The molecule has 0 radical (unpaired) electrons. The second-order valence-electron chi connectivity index (χ2n) is 8.82. The van der Waals surface area contributed by atoms with E-state index in [9.17, 15) is 14.7 Å². The molecule has 0 fully saturated rings. The van der Waals surface area contributed by atoms with Crippen molar-refractivity contribution in [1.82, 2.24) is 9.99 Å². The van der Waals surface area contributed by atoms with Gasteiger partial charge in [-0.25, -0.2) is 10.2 Å². The van der Waals surface area contributed by atoms with E-state index < -0.39 is 18.0 Å². The van der Waals surface area contributed by atoms with Gasteiger partial charge in [-0.05, 0) is 75.4 Å². The smallest absolute Gasteiger partial charge is 0.344 e. The summed E-state index contributed by atoms with van der Waals surface area (Å²) in [5, 5.41) is 13.4. The SMILES string of the molecule is COc1cc(Cl)cc(C=NNC(=O)c2ccc(COc3ccc(-n4c(C)ccc4C)cc3)o2)c1O[C@@H](C)C(=O)O. The molecule has 2 N–H and O–H groups in total. The lowest BCUT2D eigenvalue weighted by atomic mass is 10.2. The molecule has 0 bridgehead atoms. The van der Waals surface area contributed by atoms with Gasteiger partial charge in [0.2, 0.25) is 0 Å². The van der Waals surface area contributed by atoms with E-state index in [2.05, 4.69) is 41.1 Å². The first-order valence-electron chi connectivity index (χ1n) is 12.2. The van der Waals surface area contributed by atoms with Crippen molar-refractivity contribution >= 4 is 29.7 Å². The summed E-state index contributed by atoms with van der Waals surface area (Å²) in [6.07, 6.45) is 0.107. The van der Waals surface area contributed by atoms with Crippen molar-refractivity contribution in [2.24, 2.45) is 5.10 Å². The van der Waals surface area contributed by atoms with E-state index in [1.807, 2.05) is 24.3 Å². The molecule has 0 unspecified atom stereocenters. The third-order valence-electron chi connectivity index (χ3n) is 5.91. The number of hydrazone groups is 1. The van der Waals surface area contributed by atoms with Crippen LogP contribution in [0.4, 0.5) is 0 Å². The Bertz CT molecular complexity index is 1520. The summed E-state index contributed by atoms with van der Waals surface area (Å²) in [4.78, 5) is 23.8. The minimum atomic E-state index is -1.16. The predicted octanol–water partition coefficient (Wildman–Crippen LogP) is 5.54. The highest BCUT2D eigenvalue weighted by Crippen LogP contribution is 2.34. The highest BCUT2D eigenvalue weighted by atomic mass is 35.5. The van der Waals surface area contributed by atoms with Crippen LogP contribution in [0, 0.1) is 13.8 Å². The monoisotopic (exact) mass is 565 g/mol. The molecule has 0 saturated heterocycles. The molecule has 4 rings (SSSR count). The number of benzene rings is 2. The number of hydrogen-bond acceptors (Lipinski definition) is 7. The van der Waals surface area contributed by atoms with Crippen LogP contribution in [0.2, 0.25) is 5.02 Å². The quantitative estimate of drug-likeness (QED) is 0.180. The number of nitrogens with one attached hydrogen (secondary N) is 1. The van der Waals surface area contributed by atoms with Gasteiger partial charge in [0.1, 0.15) is 18.1 Å². The Morgan fingerprint density at radius 3 is 2.45 bits per heavy atom. The van der Waals surface area contributed by atoms with Crippen molar-refractivity contribution in [3.05, 3.63) is 94.2 Å². The molecule has 11 heteroatoms. The minimum absolute atomic E-state index is 0.0318. The minimum Gasteiger partial charge on any atom is -0.493 e. The Morgan fingerprint density at radius 1 is 1.10 bits per heavy atom. The Hall–Kier alpha value is -4.70. The molecule has 0 spiro atoms. The van der Waals surface area contributed by atoms with Crippen LogP contribution in [0.5, 0.6) is 17.2 Å². The van der Waals surface area contributed by atoms with Crippen LogP contribution in [0.1, 0.15) is 40.2 Å². The molecule has 2 heterocycles. The lowest BCUT2D eigenvalue weighted by Crippen LogP contribution is -2.24. The van der Waals surface area contributed by atoms with Crippen molar-refractivity contribution in [3.8, 4) is 22.9 Å². The second kappa shape index (κ2) is 12.4. The van der Waals surface area contributed by atoms with Gasteiger partial charge in [-0.2, -0.15) is 5.10 Å². The third-order valence-corrected chi connectivity index (χ3v) is 6.13. The number of hydrogen-bond donors (Lipinski definition) is 2. The Kier molecular flexibility index (Phi) is 8.80. The van der Waals surface area contributed by atoms with Crippen LogP contribution in [-0.2, 0) is 11.4 Å². The molecule has 4 aromatic rings. The van der Waals surface area contributed by atoms with Gasteiger partial charge in [0, 0.05) is 33.7 Å². The topological polar surface area (TPSA) is 125 Å². The summed E-state index contributed by atoms with van der Waals surface area (Å²) in [5.41, 5.74) is 5.99. The predicted molar refractivity (Wildman–Crippen MR) is 149 cm³/mol. The maximum absolute atomic E-state index is 12.5. The molecule has 208 valence electrons. The second-order valence-corrected chi connectivity index (χ2v) is 9.26. The number of carbonyl (C=O) groups excluding carboxylic acids is 1. The molecule has 0 aliphatic carbocycles. The largest absolute Gasteiger partial charge is 0.493 e. The number of aryl methyl sites for hydroxylation is 2. The van der Waals surface area contributed by atoms with Gasteiger partial charge in [0.15, 0.2) is 23.4 Å². The number of aromatic nitrogens is 1. The van der Waals surface area contributed by atoms with E-state index in [4.69, 9.17) is 30.2 Å². The molecule has 0 aliphatic heterocycles. The standard InChI is InChI=1S/C29H28ClN3O7/c1-17-5-6-18(2)33(17)22-7-9-23(10-8-22)38-16-24-11-12-25(40-24)28(34)32-31-15-20-13-21(30)14-26(37-4)27(20)39-19(3)29(35)36/h5-15,19H,16H2,1-4H3,(H,32,34)(H,35,36)/t19-/m0/s1. The first-order chi connectivity index (χ1) is 19.2. The summed E-state index contributed by atoms with van der Waals surface area (Å²) >= 11 is 6.13. The first-order valence-corrected chi connectivity index (χ1v) is 12.6. The third kappa shape index (κ3) is 6.65. The van der Waals surface area contributed by atoms with Crippen molar-refractivity contribution < 1.29 is 33.3 Å². The number of rotatable bonds is 11. The molecular formula is C29H28ClN3O7. The number of aliphatic carboxylic acids is 1. The fourth-order valence-electron chi connectivity index (χ4n) is 3.90. The summed E-state index contributed by atoms with van der Waals surface area (Å²) in [7, 11) is 1.39. The van der Waals surface area contributed by atoms with Gasteiger partial charge in [-0.1, -0.05) is 11.6 Å². The fourth-order valence-corrected chi connectivity index (χ4v) is 4.12. The average molecular weight is 566 g/mol. The molecule has 2 aromatic carbocycles. The number of carboxylic acids is 1. The summed E-state index contributed by atoms with van der Waals surface area (Å²) < 4.78 is 24.3. The van der Waals surface area contributed by atoms with E-state index in [-0.39, 0.29) is 23.9 Å². The molecular weight excluding hydrogens is 538 g/mol. The Morgan fingerprint density at radius 2 is 1.80 bits per heavy atom. The van der Waals surface area contributed by atoms with Gasteiger partial charge in [-0.3, -0.25) is 4.79 Å². The average Bonchev–Trinajstić information content (AvgIpc) is 3.54. The van der Waals surface area contributed by atoms with Crippen LogP contribution in [0.3, 0.4) is 0 Å². The first kappa shape index (κ1) is 28.3. The number of halogens is 1. The van der Waals surface area contributed by atoms with Crippen LogP contribution in [0.25, 0.3) is 5.69 Å². The number of furan rings is 1. The lowest BCUT2D eigenvalue weighted by Gasteiger charge is -2.16. The Balaban J connectivity index is 1.37. The van der Waals surface area contributed by atoms with Gasteiger partial charge in [0.25, 0.3) is 0 Å². The maximum atomic E-state index is 12.5. The molecule has 2 aromatic heterocycles. The maximum Gasteiger partial charge on any atom is 0.344 e. The van der Waals surface area contributed by atoms with E-state index >= 15 is 0 Å². The van der Waals surface area contributed by atoms with E-state index in [0.29, 0.717) is 22.1 Å². The highest BCUT2D eigenvalue weighted by molar-refractivity contribution is 6.31. The summed E-state index contributed by atoms with van der Waals surface area (Å²) in [6, 6.07) is 18.0.